The van der Waals surface area contributed by atoms with Gasteiger partial charge in [0.05, 0.1) is 5.69 Å². The monoisotopic (exact) mass is 197 g/mol. The minimum Gasteiger partial charge on any atom is -0.403 e. The van der Waals surface area contributed by atoms with Crippen molar-refractivity contribution in [3.63, 3.8) is 0 Å². The van der Waals surface area contributed by atoms with Gasteiger partial charge in [-0.15, -0.1) is 10.2 Å². The van der Waals surface area contributed by atoms with Crippen LogP contribution >= 0.6 is 11.5 Å². The third kappa shape index (κ3) is 1.37. The van der Waals surface area contributed by atoms with Gasteiger partial charge in [-0.2, -0.15) is 0 Å². The molecule has 2 rings (SSSR count). The van der Waals surface area contributed by atoms with Gasteiger partial charge in [-0.1, -0.05) is 16.5 Å². The minimum atomic E-state index is 0.0606. The van der Waals surface area contributed by atoms with Gasteiger partial charge >= 0.3 is 6.01 Å². The average molecular weight is 197 g/mol. The van der Waals surface area contributed by atoms with Gasteiger partial charge in [-0.25, -0.2) is 0 Å². The predicted octanol–water partition coefficient (Wildman–Crippen LogP) is 0.733. The van der Waals surface area contributed by atoms with Crippen molar-refractivity contribution in [3.8, 4) is 10.8 Å². The van der Waals surface area contributed by atoms with Crippen LogP contribution in [-0.2, 0) is 6.42 Å². The number of hydrogen-bond donors (Lipinski definition) is 1. The summed E-state index contributed by atoms with van der Waals surface area (Å²) < 4.78 is 8.86. The van der Waals surface area contributed by atoms with E-state index in [0.29, 0.717) is 5.89 Å². The first-order valence-electron chi connectivity index (χ1n) is 3.72. The zero-order valence-electron chi connectivity index (χ0n) is 6.89. The Morgan fingerprint density at radius 1 is 1.38 bits per heavy atom. The third-order valence-electron chi connectivity index (χ3n) is 1.53. The molecule has 0 aromatic carbocycles. The third-order valence-corrected chi connectivity index (χ3v) is 2.28. The van der Waals surface area contributed by atoms with E-state index in [1.54, 1.807) is 0 Å². The summed E-state index contributed by atoms with van der Waals surface area (Å²) in [6.45, 7) is 1.99. The first-order chi connectivity index (χ1) is 6.31. The summed E-state index contributed by atoms with van der Waals surface area (Å²) in [7, 11) is 0. The maximum atomic E-state index is 5.30. The summed E-state index contributed by atoms with van der Waals surface area (Å²) >= 11 is 1.23. The number of hydrogen-bond acceptors (Lipinski definition) is 7. The number of aromatic nitrogens is 4. The van der Waals surface area contributed by atoms with Crippen LogP contribution < -0.4 is 5.73 Å². The fourth-order valence-electron chi connectivity index (χ4n) is 0.929. The van der Waals surface area contributed by atoms with Crippen LogP contribution in [-0.4, -0.2) is 19.8 Å². The largest absolute Gasteiger partial charge is 0.403 e. The summed E-state index contributed by atoms with van der Waals surface area (Å²) in [5, 5.41) is 11.2. The van der Waals surface area contributed by atoms with Crippen molar-refractivity contribution in [3.05, 3.63) is 5.69 Å². The van der Waals surface area contributed by atoms with Crippen molar-refractivity contribution in [2.24, 2.45) is 0 Å². The fraction of sp³-hybridized carbons (Fsp3) is 0.333. The second-order valence-electron chi connectivity index (χ2n) is 2.35. The predicted molar refractivity (Wildman–Crippen MR) is 47.0 cm³/mol. The van der Waals surface area contributed by atoms with E-state index in [9.17, 15) is 0 Å². The molecule has 0 aliphatic carbocycles. The maximum absolute atomic E-state index is 5.30. The molecule has 0 atom stereocenters. The number of anilines is 1. The van der Waals surface area contributed by atoms with Gasteiger partial charge in [-0.05, 0) is 18.0 Å². The first kappa shape index (κ1) is 8.11. The average Bonchev–Trinajstić information content (AvgIpc) is 2.71. The molecular formula is C6H7N5OS. The zero-order valence-corrected chi connectivity index (χ0v) is 7.71. The van der Waals surface area contributed by atoms with Crippen molar-refractivity contribution < 1.29 is 4.42 Å². The van der Waals surface area contributed by atoms with E-state index in [-0.39, 0.29) is 6.01 Å². The second kappa shape index (κ2) is 3.09. The van der Waals surface area contributed by atoms with Crippen LogP contribution in [0, 0.1) is 0 Å². The van der Waals surface area contributed by atoms with E-state index in [2.05, 4.69) is 19.8 Å². The molecule has 2 aromatic rings. The van der Waals surface area contributed by atoms with Crippen LogP contribution in [0.3, 0.4) is 0 Å². The molecule has 0 aliphatic heterocycles. The molecule has 2 N–H and O–H groups in total. The number of aryl methyl sites for hydroxylation is 1. The number of nitrogen functional groups attached to an aromatic ring is 1. The van der Waals surface area contributed by atoms with Crippen LogP contribution in [0.25, 0.3) is 10.8 Å². The van der Waals surface area contributed by atoms with Crippen LogP contribution in [0.15, 0.2) is 4.42 Å². The summed E-state index contributed by atoms with van der Waals surface area (Å²) in [6, 6.07) is 0.0606. The minimum absolute atomic E-state index is 0.0606. The van der Waals surface area contributed by atoms with Gasteiger partial charge in [0.25, 0.3) is 5.89 Å². The molecule has 0 amide bonds. The van der Waals surface area contributed by atoms with E-state index in [4.69, 9.17) is 10.2 Å². The van der Waals surface area contributed by atoms with E-state index in [0.717, 1.165) is 17.0 Å². The van der Waals surface area contributed by atoms with Gasteiger partial charge in [-0.3, -0.25) is 0 Å². The lowest BCUT2D eigenvalue weighted by atomic mass is 10.3. The zero-order chi connectivity index (χ0) is 9.26. The summed E-state index contributed by atoms with van der Waals surface area (Å²) in [4.78, 5) is 0.798. The number of nitrogens with zero attached hydrogens (tertiary/aromatic N) is 4. The summed E-state index contributed by atoms with van der Waals surface area (Å²) in [5.41, 5.74) is 6.15. The molecular weight excluding hydrogens is 190 g/mol. The van der Waals surface area contributed by atoms with Gasteiger partial charge in [0.15, 0.2) is 0 Å². The SMILES string of the molecule is CCc1nnsc1-c1nnc(N)o1. The highest BCUT2D eigenvalue weighted by Crippen LogP contribution is 2.25. The summed E-state index contributed by atoms with van der Waals surface area (Å²) in [5.74, 6) is 0.393. The second-order valence-corrected chi connectivity index (χ2v) is 3.10. The Labute approximate surface area is 77.9 Å². The van der Waals surface area contributed by atoms with Gasteiger partial charge in [0, 0.05) is 0 Å². The van der Waals surface area contributed by atoms with Crippen LogP contribution in [0.2, 0.25) is 0 Å². The van der Waals surface area contributed by atoms with Crippen molar-refractivity contribution in [1.29, 1.82) is 0 Å². The highest BCUT2D eigenvalue weighted by molar-refractivity contribution is 7.09. The van der Waals surface area contributed by atoms with Gasteiger partial charge in [0.1, 0.15) is 4.88 Å². The van der Waals surface area contributed by atoms with E-state index in [1.807, 2.05) is 6.92 Å². The molecule has 6 nitrogen and oxygen atoms in total. The number of nitrogens with two attached hydrogens (primary N) is 1. The molecule has 2 heterocycles. The lowest BCUT2D eigenvalue weighted by molar-refractivity contribution is 0.591. The molecule has 7 heteroatoms. The molecule has 0 unspecified atom stereocenters. The molecule has 0 fully saturated rings. The molecule has 2 aromatic heterocycles. The van der Waals surface area contributed by atoms with Crippen molar-refractivity contribution in [2.45, 2.75) is 13.3 Å². The molecule has 0 bridgehead atoms. The Kier molecular flexibility index (Phi) is 1.93. The summed E-state index contributed by atoms with van der Waals surface area (Å²) in [6.07, 6.45) is 0.786. The molecule has 68 valence electrons. The first-order valence-corrected chi connectivity index (χ1v) is 4.49. The van der Waals surface area contributed by atoms with Crippen molar-refractivity contribution >= 4 is 17.5 Å². The standard InChI is InChI=1S/C6H7N5OS/c1-2-3-4(13-11-8-3)5-9-10-6(7)12-5/h2H2,1H3,(H2,7,10). The molecule has 0 saturated carbocycles. The molecule has 0 radical (unpaired) electrons. The van der Waals surface area contributed by atoms with E-state index in [1.165, 1.54) is 11.5 Å². The molecule has 0 saturated heterocycles. The van der Waals surface area contributed by atoms with Gasteiger partial charge in [0.2, 0.25) is 0 Å². The van der Waals surface area contributed by atoms with Crippen LogP contribution in [0.1, 0.15) is 12.6 Å². The highest BCUT2D eigenvalue weighted by atomic mass is 32.1. The highest BCUT2D eigenvalue weighted by Gasteiger charge is 2.14. The Bertz CT molecular complexity index is 409. The Morgan fingerprint density at radius 3 is 2.85 bits per heavy atom. The molecule has 13 heavy (non-hydrogen) atoms. The normalized spacial score (nSPS) is 10.5. The van der Waals surface area contributed by atoms with Crippen LogP contribution in [0.4, 0.5) is 6.01 Å². The fourth-order valence-corrected chi connectivity index (χ4v) is 1.60. The number of rotatable bonds is 2. The van der Waals surface area contributed by atoms with Gasteiger partial charge < -0.3 is 10.2 Å². The molecule has 0 aliphatic rings. The quantitative estimate of drug-likeness (QED) is 0.763. The Balaban J connectivity index is 2.45. The van der Waals surface area contributed by atoms with Crippen molar-refractivity contribution in [2.75, 3.05) is 5.73 Å². The van der Waals surface area contributed by atoms with E-state index >= 15 is 0 Å². The Morgan fingerprint density at radius 2 is 2.23 bits per heavy atom. The lowest BCUT2D eigenvalue weighted by Crippen LogP contribution is -1.84. The lowest BCUT2D eigenvalue weighted by Gasteiger charge is -1.89. The molecule has 0 spiro atoms. The maximum Gasteiger partial charge on any atom is 0.313 e. The van der Waals surface area contributed by atoms with E-state index < -0.39 is 0 Å². The van der Waals surface area contributed by atoms with Crippen LogP contribution in [0.5, 0.6) is 0 Å². The topological polar surface area (TPSA) is 90.7 Å². The Hall–Kier alpha value is -1.50. The van der Waals surface area contributed by atoms with Crippen molar-refractivity contribution in [1.82, 2.24) is 19.8 Å². The smallest absolute Gasteiger partial charge is 0.313 e.